The molecule has 84 valence electrons. The van der Waals surface area contributed by atoms with Crippen molar-refractivity contribution in [3.8, 4) is 0 Å². The summed E-state index contributed by atoms with van der Waals surface area (Å²) >= 11 is 0. The fourth-order valence-corrected chi connectivity index (χ4v) is 2.02. The minimum absolute atomic E-state index is 0.724. The van der Waals surface area contributed by atoms with Gasteiger partial charge in [0.1, 0.15) is 0 Å². The first kappa shape index (κ1) is 12.3. The van der Waals surface area contributed by atoms with Gasteiger partial charge in [-0.25, -0.2) is 0 Å². The van der Waals surface area contributed by atoms with Crippen molar-refractivity contribution >= 4 is 0 Å². The highest BCUT2D eigenvalue weighted by Gasteiger charge is 2.05. The molecule has 0 saturated heterocycles. The molecule has 1 nitrogen and oxygen atoms in total. The van der Waals surface area contributed by atoms with Gasteiger partial charge in [0.05, 0.1) is 0 Å². The molecule has 0 radical (unpaired) electrons. The van der Waals surface area contributed by atoms with Crippen LogP contribution in [0.3, 0.4) is 0 Å². The molecule has 0 heterocycles. The zero-order valence-electron chi connectivity index (χ0n) is 10.7. The minimum Gasteiger partial charge on any atom is -0.309 e. The molecule has 0 amide bonds. The summed E-state index contributed by atoms with van der Waals surface area (Å²) in [4.78, 5) is 2.26. The quantitative estimate of drug-likeness (QED) is 0.730. The van der Waals surface area contributed by atoms with Gasteiger partial charge in [-0.15, -0.1) is 0 Å². The molecule has 1 heteroatoms. The van der Waals surface area contributed by atoms with Crippen LogP contribution in [0.4, 0.5) is 0 Å². The van der Waals surface area contributed by atoms with Crippen LogP contribution in [0.1, 0.15) is 23.6 Å². The predicted octanol–water partition coefficient (Wildman–Crippen LogP) is 3.04. The van der Waals surface area contributed by atoms with Crippen LogP contribution in [0.2, 0.25) is 0 Å². The number of hydrogen-bond donors (Lipinski definition) is 0. The Balaban J connectivity index is 2.60. The lowest BCUT2D eigenvalue weighted by molar-refractivity contribution is 0.338. The summed E-state index contributed by atoms with van der Waals surface area (Å²) in [6.45, 7) is 7.83. The highest BCUT2D eigenvalue weighted by Crippen LogP contribution is 2.14. The number of benzene rings is 1. The van der Waals surface area contributed by atoms with Gasteiger partial charge in [-0.3, -0.25) is 0 Å². The van der Waals surface area contributed by atoms with Crippen LogP contribution < -0.4 is 0 Å². The van der Waals surface area contributed by atoms with E-state index in [0.29, 0.717) is 0 Å². The molecule has 0 aliphatic carbocycles. The largest absolute Gasteiger partial charge is 0.309 e. The Hall–Kier alpha value is -0.820. The maximum Gasteiger partial charge on any atom is 0.000410 e. The first-order chi connectivity index (χ1) is 6.99. The minimum atomic E-state index is 0.724. The van der Waals surface area contributed by atoms with E-state index in [1.807, 2.05) is 0 Å². The maximum absolute atomic E-state index is 2.32. The highest BCUT2D eigenvalue weighted by atomic mass is 15.1. The highest BCUT2D eigenvalue weighted by molar-refractivity contribution is 5.30. The van der Waals surface area contributed by atoms with Crippen molar-refractivity contribution < 1.29 is 0 Å². The summed E-state index contributed by atoms with van der Waals surface area (Å²) in [6, 6.07) is 6.81. The van der Waals surface area contributed by atoms with E-state index >= 15 is 0 Å². The number of hydrogen-bond acceptors (Lipinski definition) is 1. The smallest absolute Gasteiger partial charge is 0.000410 e. The molecule has 1 rings (SSSR count). The van der Waals surface area contributed by atoms with E-state index in [4.69, 9.17) is 0 Å². The van der Waals surface area contributed by atoms with Crippen LogP contribution in [-0.4, -0.2) is 25.5 Å². The van der Waals surface area contributed by atoms with Crippen molar-refractivity contribution in [2.45, 2.75) is 27.2 Å². The van der Waals surface area contributed by atoms with Gasteiger partial charge in [-0.2, -0.15) is 0 Å². The van der Waals surface area contributed by atoms with Gasteiger partial charge in [0.15, 0.2) is 0 Å². The zero-order valence-corrected chi connectivity index (χ0v) is 10.7. The van der Waals surface area contributed by atoms with Crippen molar-refractivity contribution in [2.24, 2.45) is 5.92 Å². The Morgan fingerprint density at radius 2 is 1.80 bits per heavy atom. The van der Waals surface area contributed by atoms with Crippen molar-refractivity contribution in [2.75, 3.05) is 20.6 Å². The van der Waals surface area contributed by atoms with Gasteiger partial charge >= 0.3 is 0 Å². The zero-order chi connectivity index (χ0) is 11.4. The number of nitrogens with zero attached hydrogens (tertiary/aromatic N) is 1. The average Bonchev–Trinajstić information content (AvgIpc) is 2.10. The monoisotopic (exact) mass is 205 g/mol. The summed E-state index contributed by atoms with van der Waals surface area (Å²) in [5.74, 6) is 0.724. The van der Waals surface area contributed by atoms with Crippen LogP contribution in [0.5, 0.6) is 0 Å². The number of rotatable bonds is 4. The second-order valence-electron chi connectivity index (χ2n) is 4.99. The molecular weight excluding hydrogens is 182 g/mol. The first-order valence-corrected chi connectivity index (χ1v) is 5.70. The molecule has 15 heavy (non-hydrogen) atoms. The van der Waals surface area contributed by atoms with Crippen LogP contribution in [0.15, 0.2) is 18.2 Å². The molecule has 1 aromatic carbocycles. The third kappa shape index (κ3) is 4.05. The van der Waals surface area contributed by atoms with Crippen molar-refractivity contribution in [1.29, 1.82) is 0 Å². The molecule has 1 atom stereocenters. The Morgan fingerprint density at radius 1 is 1.13 bits per heavy atom. The van der Waals surface area contributed by atoms with Crippen molar-refractivity contribution in [3.63, 3.8) is 0 Å². The van der Waals surface area contributed by atoms with Crippen LogP contribution in [0.25, 0.3) is 0 Å². The SMILES string of the molecule is Cc1ccc(CC(C)CN(C)C)cc1C. The van der Waals surface area contributed by atoms with E-state index in [9.17, 15) is 0 Å². The van der Waals surface area contributed by atoms with E-state index in [1.165, 1.54) is 23.1 Å². The van der Waals surface area contributed by atoms with Crippen molar-refractivity contribution in [1.82, 2.24) is 4.90 Å². The van der Waals surface area contributed by atoms with Gasteiger partial charge in [-0.05, 0) is 57.0 Å². The summed E-state index contributed by atoms with van der Waals surface area (Å²) in [5, 5.41) is 0. The van der Waals surface area contributed by atoms with Gasteiger partial charge in [-0.1, -0.05) is 25.1 Å². The number of aryl methyl sites for hydroxylation is 2. The molecule has 0 bridgehead atoms. The maximum atomic E-state index is 2.32. The van der Waals surface area contributed by atoms with E-state index in [2.05, 4.69) is 58.0 Å². The molecule has 0 spiro atoms. The Kier molecular flexibility index (Phi) is 4.34. The fraction of sp³-hybridized carbons (Fsp3) is 0.571. The lowest BCUT2D eigenvalue weighted by Gasteiger charge is -2.17. The third-order valence-corrected chi connectivity index (χ3v) is 2.83. The molecule has 0 aliphatic heterocycles. The van der Waals surface area contributed by atoms with Crippen LogP contribution >= 0.6 is 0 Å². The topological polar surface area (TPSA) is 3.24 Å². The lowest BCUT2D eigenvalue weighted by atomic mass is 9.97. The third-order valence-electron chi connectivity index (χ3n) is 2.83. The van der Waals surface area contributed by atoms with Gasteiger partial charge in [0.25, 0.3) is 0 Å². The standard InChI is InChI=1S/C14H23N/c1-11(10-15(4)5)8-14-7-6-12(2)13(3)9-14/h6-7,9,11H,8,10H2,1-5H3. The lowest BCUT2D eigenvalue weighted by Crippen LogP contribution is -2.21. The molecule has 0 saturated carbocycles. The van der Waals surface area contributed by atoms with E-state index in [1.54, 1.807) is 0 Å². The second kappa shape index (κ2) is 5.32. The summed E-state index contributed by atoms with van der Waals surface area (Å²) in [5.41, 5.74) is 4.26. The van der Waals surface area contributed by atoms with Gasteiger partial charge in [0.2, 0.25) is 0 Å². The fourth-order valence-electron chi connectivity index (χ4n) is 2.02. The Labute approximate surface area is 94.1 Å². The normalized spacial score (nSPS) is 13.2. The summed E-state index contributed by atoms with van der Waals surface area (Å²) < 4.78 is 0. The molecule has 0 aromatic heterocycles. The first-order valence-electron chi connectivity index (χ1n) is 5.70. The van der Waals surface area contributed by atoms with Gasteiger partial charge in [0, 0.05) is 6.54 Å². The summed E-state index contributed by atoms with van der Waals surface area (Å²) in [6.07, 6.45) is 1.18. The average molecular weight is 205 g/mol. The molecule has 0 N–H and O–H groups in total. The predicted molar refractivity (Wildman–Crippen MR) is 67.3 cm³/mol. The molecule has 0 fully saturated rings. The van der Waals surface area contributed by atoms with E-state index < -0.39 is 0 Å². The van der Waals surface area contributed by atoms with Gasteiger partial charge < -0.3 is 4.90 Å². The molecule has 1 aromatic rings. The Bertz CT molecular complexity index is 315. The van der Waals surface area contributed by atoms with E-state index in [0.717, 1.165) is 12.5 Å². The van der Waals surface area contributed by atoms with Crippen molar-refractivity contribution in [3.05, 3.63) is 34.9 Å². The molecule has 1 unspecified atom stereocenters. The molecule has 0 aliphatic rings. The van der Waals surface area contributed by atoms with Crippen LogP contribution in [0, 0.1) is 19.8 Å². The second-order valence-corrected chi connectivity index (χ2v) is 4.99. The van der Waals surface area contributed by atoms with E-state index in [-0.39, 0.29) is 0 Å². The summed E-state index contributed by atoms with van der Waals surface area (Å²) in [7, 11) is 4.27. The molecular formula is C14H23N. The van der Waals surface area contributed by atoms with Crippen LogP contribution in [-0.2, 0) is 6.42 Å². The Morgan fingerprint density at radius 3 is 2.33 bits per heavy atom.